The van der Waals surface area contributed by atoms with Gasteiger partial charge in [-0.25, -0.2) is 14.1 Å². The Labute approximate surface area is 108 Å². The minimum absolute atomic E-state index is 0.280. The Morgan fingerprint density at radius 2 is 2.11 bits per heavy atom. The highest BCUT2D eigenvalue weighted by atomic mass is 19.1. The van der Waals surface area contributed by atoms with Gasteiger partial charge in [-0.1, -0.05) is 0 Å². The van der Waals surface area contributed by atoms with Crippen molar-refractivity contribution in [2.45, 2.75) is 13.8 Å². The number of aromatic nitrogens is 4. The maximum Gasteiger partial charge on any atom is 0.153 e. The summed E-state index contributed by atoms with van der Waals surface area (Å²) < 4.78 is 15.7. The lowest BCUT2D eigenvalue weighted by Crippen LogP contribution is -2.06. The second-order valence-electron chi connectivity index (χ2n) is 4.31. The van der Waals surface area contributed by atoms with Crippen LogP contribution in [0.5, 0.6) is 0 Å². The van der Waals surface area contributed by atoms with Gasteiger partial charge in [-0.3, -0.25) is 4.98 Å². The molecule has 0 fully saturated rings. The van der Waals surface area contributed by atoms with Crippen LogP contribution in [0.1, 0.15) is 11.6 Å². The van der Waals surface area contributed by atoms with Crippen LogP contribution in [0.4, 0.5) is 10.1 Å². The molecule has 2 heterocycles. The predicted octanol–water partition coefficient (Wildman–Crippen LogP) is 2.15. The summed E-state index contributed by atoms with van der Waals surface area (Å²) in [5.74, 6) is 0.725. The van der Waals surface area contributed by atoms with Gasteiger partial charge in [0.25, 0.3) is 0 Å². The van der Waals surface area contributed by atoms with Crippen LogP contribution >= 0.6 is 0 Å². The van der Waals surface area contributed by atoms with Gasteiger partial charge in [-0.05, 0) is 32.0 Å². The van der Waals surface area contributed by atoms with Gasteiger partial charge in [-0.15, -0.1) is 0 Å². The Morgan fingerprint density at radius 3 is 2.79 bits per heavy atom. The lowest BCUT2D eigenvalue weighted by molar-refractivity contribution is 0.610. The molecule has 1 aromatic carbocycles. The molecular weight excluding hydrogens is 245 g/mol. The van der Waals surface area contributed by atoms with Gasteiger partial charge >= 0.3 is 0 Å². The molecule has 19 heavy (non-hydrogen) atoms. The summed E-state index contributed by atoms with van der Waals surface area (Å²) >= 11 is 0. The highest BCUT2D eigenvalue weighted by Crippen LogP contribution is 2.28. The van der Waals surface area contributed by atoms with E-state index in [1.54, 1.807) is 32.2 Å². The molecule has 96 valence electrons. The van der Waals surface area contributed by atoms with Crippen molar-refractivity contribution >= 4 is 16.6 Å². The molecule has 2 aromatic heterocycles. The molecule has 0 aliphatic rings. The van der Waals surface area contributed by atoms with Gasteiger partial charge in [0, 0.05) is 17.3 Å². The van der Waals surface area contributed by atoms with Gasteiger partial charge in [0.2, 0.25) is 0 Å². The Hall–Kier alpha value is -2.50. The van der Waals surface area contributed by atoms with Gasteiger partial charge in [-0.2, -0.15) is 5.10 Å². The van der Waals surface area contributed by atoms with Crippen LogP contribution in [-0.4, -0.2) is 19.7 Å². The Bertz CT molecular complexity index is 778. The monoisotopic (exact) mass is 257 g/mol. The number of nitrogen functional groups attached to an aromatic ring is 1. The molecule has 3 rings (SSSR count). The second kappa shape index (κ2) is 4.01. The molecule has 0 atom stereocenters. The summed E-state index contributed by atoms with van der Waals surface area (Å²) in [6.45, 7) is 3.53. The van der Waals surface area contributed by atoms with E-state index in [1.165, 1.54) is 10.7 Å². The van der Waals surface area contributed by atoms with Crippen molar-refractivity contribution in [3.63, 3.8) is 0 Å². The first-order valence-corrected chi connectivity index (χ1v) is 5.81. The zero-order valence-electron chi connectivity index (χ0n) is 10.6. The molecule has 3 aromatic rings. The average Bonchev–Trinajstić information content (AvgIpc) is 2.69. The summed E-state index contributed by atoms with van der Waals surface area (Å²) in [7, 11) is 0. The summed E-state index contributed by atoms with van der Waals surface area (Å²) in [5.41, 5.74) is 6.94. The molecule has 0 aliphatic carbocycles. The van der Waals surface area contributed by atoms with Crippen LogP contribution in [0.15, 0.2) is 24.4 Å². The highest BCUT2D eigenvalue weighted by molar-refractivity contribution is 5.95. The minimum Gasteiger partial charge on any atom is -0.398 e. The van der Waals surface area contributed by atoms with E-state index < -0.39 is 5.82 Å². The van der Waals surface area contributed by atoms with Crippen molar-refractivity contribution in [1.82, 2.24) is 19.7 Å². The molecular formula is C13H12FN5. The standard InChI is InChI=1S/C13H12FN5/c1-7-17-8(2)19(18-7)13-10(14)6-11(15)9-4-3-5-16-12(9)13/h3-6H,15H2,1-2H3. The number of benzene rings is 1. The van der Waals surface area contributed by atoms with Crippen LogP contribution in [0.3, 0.4) is 0 Å². The van der Waals surface area contributed by atoms with Crippen molar-refractivity contribution in [3.8, 4) is 5.69 Å². The average molecular weight is 257 g/mol. The summed E-state index contributed by atoms with van der Waals surface area (Å²) in [4.78, 5) is 8.40. The second-order valence-corrected chi connectivity index (χ2v) is 4.31. The van der Waals surface area contributed by atoms with Crippen LogP contribution in [0, 0.1) is 19.7 Å². The Kier molecular flexibility index (Phi) is 2.45. The van der Waals surface area contributed by atoms with E-state index in [0.717, 1.165) is 0 Å². The number of halogens is 1. The fourth-order valence-corrected chi connectivity index (χ4v) is 2.16. The maximum absolute atomic E-state index is 14.2. The fraction of sp³-hybridized carbons (Fsp3) is 0.154. The van der Waals surface area contributed by atoms with Gasteiger partial charge in [0.05, 0.1) is 0 Å². The number of rotatable bonds is 1. The normalized spacial score (nSPS) is 11.1. The highest BCUT2D eigenvalue weighted by Gasteiger charge is 2.16. The molecule has 6 heteroatoms. The fourth-order valence-electron chi connectivity index (χ4n) is 2.16. The number of nitrogens with two attached hydrogens (primary N) is 1. The number of anilines is 1. The molecule has 0 saturated heterocycles. The van der Waals surface area contributed by atoms with Gasteiger partial charge < -0.3 is 5.73 Å². The van der Waals surface area contributed by atoms with Gasteiger partial charge in [0.15, 0.2) is 5.82 Å². The third kappa shape index (κ3) is 1.72. The van der Waals surface area contributed by atoms with Crippen molar-refractivity contribution < 1.29 is 4.39 Å². The first-order valence-electron chi connectivity index (χ1n) is 5.81. The van der Waals surface area contributed by atoms with Crippen molar-refractivity contribution in [2.75, 3.05) is 5.73 Å². The van der Waals surface area contributed by atoms with E-state index in [0.29, 0.717) is 28.2 Å². The molecule has 0 aliphatic heterocycles. The quantitative estimate of drug-likeness (QED) is 0.678. The molecule has 0 unspecified atom stereocenters. The largest absolute Gasteiger partial charge is 0.398 e. The minimum atomic E-state index is -0.461. The number of hydrogen-bond donors (Lipinski definition) is 1. The first-order chi connectivity index (χ1) is 9.08. The molecule has 0 spiro atoms. The van der Waals surface area contributed by atoms with Crippen LogP contribution in [-0.2, 0) is 0 Å². The molecule has 0 bridgehead atoms. The summed E-state index contributed by atoms with van der Waals surface area (Å²) in [6, 6.07) is 4.86. The zero-order chi connectivity index (χ0) is 13.6. The van der Waals surface area contributed by atoms with E-state index >= 15 is 0 Å². The third-order valence-corrected chi connectivity index (χ3v) is 2.94. The Balaban J connectivity index is 2.44. The molecule has 0 radical (unpaired) electrons. The van der Waals surface area contributed by atoms with Crippen molar-refractivity contribution in [3.05, 3.63) is 41.9 Å². The van der Waals surface area contributed by atoms with Crippen molar-refractivity contribution in [2.24, 2.45) is 0 Å². The number of pyridine rings is 1. The maximum atomic E-state index is 14.2. The molecule has 0 saturated carbocycles. The van der Waals surface area contributed by atoms with Crippen LogP contribution in [0.2, 0.25) is 0 Å². The van der Waals surface area contributed by atoms with Crippen molar-refractivity contribution in [1.29, 1.82) is 0 Å². The first kappa shape index (κ1) is 11.6. The Morgan fingerprint density at radius 1 is 1.32 bits per heavy atom. The molecule has 0 amide bonds. The van der Waals surface area contributed by atoms with E-state index in [-0.39, 0.29) is 5.69 Å². The number of aryl methyl sites for hydroxylation is 2. The number of nitrogens with zero attached hydrogens (tertiary/aromatic N) is 4. The number of hydrogen-bond acceptors (Lipinski definition) is 4. The smallest absolute Gasteiger partial charge is 0.153 e. The lowest BCUT2D eigenvalue weighted by atomic mass is 10.1. The van der Waals surface area contributed by atoms with E-state index in [2.05, 4.69) is 15.1 Å². The van der Waals surface area contributed by atoms with E-state index in [1.807, 2.05) is 0 Å². The molecule has 5 nitrogen and oxygen atoms in total. The van der Waals surface area contributed by atoms with Crippen LogP contribution < -0.4 is 5.73 Å². The third-order valence-electron chi connectivity index (χ3n) is 2.94. The SMILES string of the molecule is Cc1nc(C)n(-c2c(F)cc(N)c3cccnc23)n1. The predicted molar refractivity (Wildman–Crippen MR) is 70.5 cm³/mol. The van der Waals surface area contributed by atoms with Gasteiger partial charge in [0.1, 0.15) is 22.9 Å². The summed E-state index contributed by atoms with van der Waals surface area (Å²) in [6.07, 6.45) is 1.60. The topological polar surface area (TPSA) is 69.6 Å². The van der Waals surface area contributed by atoms with E-state index in [9.17, 15) is 4.39 Å². The number of fused-ring (bicyclic) bond motifs is 1. The van der Waals surface area contributed by atoms with E-state index in [4.69, 9.17) is 5.73 Å². The lowest BCUT2D eigenvalue weighted by Gasteiger charge is -2.10. The summed E-state index contributed by atoms with van der Waals surface area (Å²) in [5, 5.41) is 4.91. The molecule has 2 N–H and O–H groups in total. The zero-order valence-corrected chi connectivity index (χ0v) is 10.6. The van der Waals surface area contributed by atoms with Crippen LogP contribution in [0.25, 0.3) is 16.6 Å².